The lowest BCUT2D eigenvalue weighted by Gasteiger charge is -2.29. The lowest BCUT2D eigenvalue weighted by molar-refractivity contribution is 0.0825. The van der Waals surface area contributed by atoms with Crippen molar-refractivity contribution in [3.05, 3.63) is 11.8 Å². The van der Waals surface area contributed by atoms with Gasteiger partial charge in [0.2, 0.25) is 5.95 Å². The second-order valence-corrected chi connectivity index (χ2v) is 6.04. The molecule has 1 fully saturated rings. The number of piperidine rings is 1. The number of aliphatic hydroxyl groups excluding tert-OH is 1. The standard InChI is InChI=1S/C15H27N5O/c1-11(2)13-10-14(19-15(16)18-13)17-6-3-7-20-8-4-12(21)5-9-20/h10-12,21H,3-9H2,1-2H3,(H3,16,17,18,19). The molecule has 0 aromatic carbocycles. The van der Waals surface area contributed by atoms with Gasteiger partial charge in [0.15, 0.2) is 0 Å². The van der Waals surface area contributed by atoms with Crippen molar-refractivity contribution in [3.8, 4) is 0 Å². The van der Waals surface area contributed by atoms with Gasteiger partial charge in [-0.15, -0.1) is 0 Å². The first-order valence-corrected chi connectivity index (χ1v) is 7.83. The normalized spacial score (nSPS) is 17.3. The first kappa shape index (κ1) is 16.0. The molecule has 1 aliphatic rings. The maximum atomic E-state index is 9.48. The van der Waals surface area contributed by atoms with Crippen molar-refractivity contribution in [2.24, 2.45) is 0 Å². The topological polar surface area (TPSA) is 87.3 Å². The van der Waals surface area contributed by atoms with E-state index in [4.69, 9.17) is 5.73 Å². The molecule has 1 aromatic rings. The van der Waals surface area contributed by atoms with E-state index in [-0.39, 0.29) is 6.10 Å². The van der Waals surface area contributed by atoms with Crippen LogP contribution in [0, 0.1) is 0 Å². The lowest BCUT2D eigenvalue weighted by atomic mass is 10.1. The Balaban J connectivity index is 1.73. The minimum absolute atomic E-state index is 0.0992. The van der Waals surface area contributed by atoms with E-state index in [1.54, 1.807) is 0 Å². The summed E-state index contributed by atoms with van der Waals surface area (Å²) in [6.45, 7) is 8.11. The second kappa shape index (κ2) is 7.56. The summed E-state index contributed by atoms with van der Waals surface area (Å²) in [6.07, 6.45) is 2.75. The highest BCUT2D eigenvalue weighted by Gasteiger charge is 2.16. The van der Waals surface area contributed by atoms with Crippen molar-refractivity contribution in [2.75, 3.05) is 37.2 Å². The molecule has 0 radical (unpaired) electrons. The quantitative estimate of drug-likeness (QED) is 0.688. The fourth-order valence-corrected chi connectivity index (χ4v) is 2.53. The van der Waals surface area contributed by atoms with Gasteiger partial charge >= 0.3 is 0 Å². The van der Waals surface area contributed by atoms with Gasteiger partial charge in [-0.1, -0.05) is 13.8 Å². The predicted molar refractivity (Wildman–Crippen MR) is 85.3 cm³/mol. The molecule has 6 nitrogen and oxygen atoms in total. The summed E-state index contributed by atoms with van der Waals surface area (Å²) in [5, 5.41) is 12.8. The molecule has 2 rings (SSSR count). The van der Waals surface area contributed by atoms with Gasteiger partial charge in [-0.2, -0.15) is 4.98 Å². The summed E-state index contributed by atoms with van der Waals surface area (Å²) in [6, 6.07) is 1.97. The highest BCUT2D eigenvalue weighted by Crippen LogP contribution is 2.16. The molecule has 0 amide bonds. The Hall–Kier alpha value is -1.40. The zero-order valence-corrected chi connectivity index (χ0v) is 13.0. The Kier molecular flexibility index (Phi) is 5.76. The number of rotatable bonds is 6. The van der Waals surface area contributed by atoms with Gasteiger partial charge in [0.1, 0.15) is 5.82 Å². The fraction of sp³-hybridized carbons (Fsp3) is 0.733. The van der Waals surface area contributed by atoms with E-state index in [2.05, 4.69) is 34.0 Å². The molecule has 4 N–H and O–H groups in total. The summed E-state index contributed by atoms with van der Waals surface area (Å²) in [5.41, 5.74) is 6.70. The average Bonchev–Trinajstić information content (AvgIpc) is 2.45. The van der Waals surface area contributed by atoms with Crippen LogP contribution in [0.5, 0.6) is 0 Å². The van der Waals surface area contributed by atoms with Crippen LogP contribution in [0.1, 0.15) is 44.7 Å². The SMILES string of the molecule is CC(C)c1cc(NCCCN2CCC(O)CC2)nc(N)n1. The van der Waals surface area contributed by atoms with Gasteiger partial charge in [-0.25, -0.2) is 4.98 Å². The second-order valence-electron chi connectivity index (χ2n) is 6.04. The van der Waals surface area contributed by atoms with Gasteiger partial charge < -0.3 is 21.1 Å². The Morgan fingerprint density at radius 3 is 2.76 bits per heavy atom. The van der Waals surface area contributed by atoms with Crippen molar-refractivity contribution in [1.29, 1.82) is 0 Å². The number of nitrogens with two attached hydrogens (primary N) is 1. The van der Waals surface area contributed by atoms with Crippen LogP contribution in [0.3, 0.4) is 0 Å². The number of hydrogen-bond donors (Lipinski definition) is 3. The maximum absolute atomic E-state index is 9.48. The number of nitrogen functional groups attached to an aromatic ring is 1. The Bertz CT molecular complexity index is 444. The van der Waals surface area contributed by atoms with Gasteiger partial charge in [-0.3, -0.25) is 0 Å². The minimum Gasteiger partial charge on any atom is -0.393 e. The van der Waals surface area contributed by atoms with Crippen molar-refractivity contribution in [2.45, 2.75) is 45.1 Å². The molecule has 0 saturated carbocycles. The zero-order valence-electron chi connectivity index (χ0n) is 13.0. The van der Waals surface area contributed by atoms with E-state index in [9.17, 15) is 5.11 Å². The lowest BCUT2D eigenvalue weighted by Crippen LogP contribution is -2.36. The van der Waals surface area contributed by atoms with Gasteiger partial charge in [-0.05, 0) is 31.7 Å². The van der Waals surface area contributed by atoms with Gasteiger partial charge in [0, 0.05) is 25.7 Å². The summed E-state index contributed by atoms with van der Waals surface area (Å²) in [4.78, 5) is 10.9. The van der Waals surface area contributed by atoms with Crippen molar-refractivity contribution >= 4 is 11.8 Å². The van der Waals surface area contributed by atoms with E-state index in [0.29, 0.717) is 11.9 Å². The van der Waals surface area contributed by atoms with Crippen molar-refractivity contribution in [3.63, 3.8) is 0 Å². The number of aromatic nitrogens is 2. The summed E-state index contributed by atoms with van der Waals surface area (Å²) in [5.74, 6) is 1.48. The fourth-order valence-electron chi connectivity index (χ4n) is 2.53. The van der Waals surface area contributed by atoms with Crippen molar-refractivity contribution in [1.82, 2.24) is 14.9 Å². The molecule has 1 aromatic heterocycles. The Morgan fingerprint density at radius 1 is 1.38 bits per heavy atom. The molecule has 1 aliphatic heterocycles. The molecule has 6 heteroatoms. The van der Waals surface area contributed by atoms with E-state index >= 15 is 0 Å². The molecule has 0 bridgehead atoms. The third kappa shape index (κ3) is 5.13. The van der Waals surface area contributed by atoms with Gasteiger partial charge in [0.25, 0.3) is 0 Å². The largest absolute Gasteiger partial charge is 0.393 e. The highest BCUT2D eigenvalue weighted by atomic mass is 16.3. The highest BCUT2D eigenvalue weighted by molar-refractivity contribution is 5.41. The number of likely N-dealkylation sites (tertiary alicyclic amines) is 1. The van der Waals surface area contributed by atoms with Crippen LogP contribution < -0.4 is 11.1 Å². The third-order valence-corrected chi connectivity index (χ3v) is 3.87. The van der Waals surface area contributed by atoms with Crippen molar-refractivity contribution < 1.29 is 5.11 Å². The zero-order chi connectivity index (χ0) is 15.2. The number of nitrogens with one attached hydrogen (secondary N) is 1. The van der Waals surface area contributed by atoms with Crippen LogP contribution in [0.15, 0.2) is 6.07 Å². The first-order chi connectivity index (χ1) is 10.0. The monoisotopic (exact) mass is 293 g/mol. The molecule has 21 heavy (non-hydrogen) atoms. The predicted octanol–water partition coefficient (Wildman–Crippen LogP) is 1.44. The molecule has 0 aliphatic carbocycles. The summed E-state index contributed by atoms with van der Waals surface area (Å²) in [7, 11) is 0. The van der Waals surface area contributed by atoms with Gasteiger partial charge in [0.05, 0.1) is 11.8 Å². The van der Waals surface area contributed by atoms with E-state index in [0.717, 1.165) is 57.0 Å². The Labute approximate surface area is 126 Å². The van der Waals surface area contributed by atoms with E-state index in [1.807, 2.05) is 6.07 Å². The molecule has 0 unspecified atom stereocenters. The first-order valence-electron chi connectivity index (χ1n) is 7.83. The molecular formula is C15H27N5O. The summed E-state index contributed by atoms with van der Waals surface area (Å²) < 4.78 is 0. The molecule has 118 valence electrons. The molecular weight excluding hydrogens is 266 g/mol. The molecule has 2 heterocycles. The van der Waals surface area contributed by atoms with Crippen LogP contribution in [0.4, 0.5) is 11.8 Å². The van der Waals surface area contributed by atoms with Crippen LogP contribution in [-0.2, 0) is 0 Å². The average molecular weight is 293 g/mol. The summed E-state index contributed by atoms with van der Waals surface area (Å²) >= 11 is 0. The number of nitrogens with zero attached hydrogens (tertiary/aromatic N) is 3. The third-order valence-electron chi connectivity index (χ3n) is 3.87. The molecule has 1 saturated heterocycles. The van der Waals surface area contributed by atoms with Crippen LogP contribution in [-0.4, -0.2) is 52.3 Å². The minimum atomic E-state index is -0.0992. The molecule has 0 spiro atoms. The van der Waals surface area contributed by atoms with Crippen LogP contribution in [0.2, 0.25) is 0 Å². The van der Waals surface area contributed by atoms with Crippen LogP contribution >= 0.6 is 0 Å². The van der Waals surface area contributed by atoms with E-state index < -0.39 is 0 Å². The molecule has 0 atom stereocenters. The number of aliphatic hydroxyl groups is 1. The van der Waals surface area contributed by atoms with E-state index in [1.165, 1.54) is 0 Å². The van der Waals surface area contributed by atoms with Crippen LogP contribution in [0.25, 0.3) is 0 Å². The Morgan fingerprint density at radius 2 is 2.10 bits per heavy atom. The number of anilines is 2. The number of hydrogen-bond acceptors (Lipinski definition) is 6. The smallest absolute Gasteiger partial charge is 0.222 e. The maximum Gasteiger partial charge on any atom is 0.222 e.